The second-order valence-corrected chi connectivity index (χ2v) is 9.19. The van der Waals surface area contributed by atoms with Gasteiger partial charge in [0, 0.05) is 64.6 Å². The SMILES string of the molecule is CC(=O)N1CCC2(CC1)OC(=O)C(C)=C2C(=O)NCCN(CC(C)C)CC(C)C. The summed E-state index contributed by atoms with van der Waals surface area (Å²) < 4.78 is 5.67. The number of nitrogens with zero attached hydrogens (tertiary/aromatic N) is 2. The number of carbonyl (C=O) groups is 3. The number of likely N-dealkylation sites (tertiary alicyclic amines) is 1. The van der Waals surface area contributed by atoms with Gasteiger partial charge in [-0.05, 0) is 18.8 Å². The fourth-order valence-electron chi connectivity index (χ4n) is 4.37. The van der Waals surface area contributed by atoms with Crippen LogP contribution in [-0.2, 0) is 19.1 Å². The summed E-state index contributed by atoms with van der Waals surface area (Å²) in [4.78, 5) is 41.0. The largest absolute Gasteiger partial charge is 0.450 e. The summed E-state index contributed by atoms with van der Waals surface area (Å²) in [5, 5.41) is 3.01. The maximum Gasteiger partial charge on any atom is 0.335 e. The van der Waals surface area contributed by atoms with Crippen molar-refractivity contribution in [2.75, 3.05) is 39.3 Å². The van der Waals surface area contributed by atoms with Crippen LogP contribution in [0.1, 0.15) is 54.4 Å². The zero-order valence-corrected chi connectivity index (χ0v) is 18.8. The summed E-state index contributed by atoms with van der Waals surface area (Å²) >= 11 is 0. The zero-order valence-electron chi connectivity index (χ0n) is 18.8. The highest BCUT2D eigenvalue weighted by atomic mass is 16.6. The summed E-state index contributed by atoms with van der Waals surface area (Å²) in [6.07, 6.45) is 0.927. The molecule has 7 nitrogen and oxygen atoms in total. The summed E-state index contributed by atoms with van der Waals surface area (Å²) in [5.74, 6) is 0.479. The molecule has 1 spiro atoms. The van der Waals surface area contributed by atoms with Crippen molar-refractivity contribution in [1.82, 2.24) is 15.1 Å². The Labute approximate surface area is 174 Å². The molecule has 0 atom stereocenters. The molecule has 2 aliphatic heterocycles. The Morgan fingerprint density at radius 2 is 1.69 bits per heavy atom. The number of carbonyl (C=O) groups excluding carboxylic acids is 3. The van der Waals surface area contributed by atoms with Crippen molar-refractivity contribution in [3.8, 4) is 0 Å². The van der Waals surface area contributed by atoms with Crippen LogP contribution in [0.5, 0.6) is 0 Å². The first-order chi connectivity index (χ1) is 13.6. The molecule has 164 valence electrons. The highest BCUT2D eigenvalue weighted by Crippen LogP contribution is 2.41. The van der Waals surface area contributed by atoms with Gasteiger partial charge in [-0.15, -0.1) is 0 Å². The van der Waals surface area contributed by atoms with Crippen LogP contribution < -0.4 is 5.32 Å². The predicted octanol–water partition coefficient (Wildman–Crippen LogP) is 1.97. The van der Waals surface area contributed by atoms with E-state index < -0.39 is 11.6 Å². The molecular formula is C22H37N3O4. The molecule has 1 N–H and O–H groups in total. The lowest BCUT2D eigenvalue weighted by Gasteiger charge is -2.39. The van der Waals surface area contributed by atoms with Crippen LogP contribution in [-0.4, -0.2) is 72.5 Å². The van der Waals surface area contributed by atoms with E-state index >= 15 is 0 Å². The molecule has 2 aliphatic rings. The van der Waals surface area contributed by atoms with Crippen LogP contribution in [0, 0.1) is 11.8 Å². The molecule has 0 saturated carbocycles. The van der Waals surface area contributed by atoms with Gasteiger partial charge in [0.15, 0.2) is 0 Å². The van der Waals surface area contributed by atoms with Crippen LogP contribution in [0.4, 0.5) is 0 Å². The third-order valence-corrected chi connectivity index (χ3v) is 5.63. The van der Waals surface area contributed by atoms with E-state index in [4.69, 9.17) is 4.74 Å². The van der Waals surface area contributed by atoms with E-state index in [1.54, 1.807) is 11.8 Å². The molecule has 0 aromatic heterocycles. The van der Waals surface area contributed by atoms with Crippen LogP contribution in [0.15, 0.2) is 11.1 Å². The van der Waals surface area contributed by atoms with E-state index in [2.05, 4.69) is 37.9 Å². The number of amides is 2. The topological polar surface area (TPSA) is 78.9 Å². The molecular weight excluding hydrogens is 370 g/mol. The molecule has 0 bridgehead atoms. The molecule has 1 fully saturated rings. The van der Waals surface area contributed by atoms with E-state index in [9.17, 15) is 14.4 Å². The van der Waals surface area contributed by atoms with Crippen molar-refractivity contribution in [1.29, 1.82) is 0 Å². The van der Waals surface area contributed by atoms with Gasteiger partial charge in [0.1, 0.15) is 5.60 Å². The predicted molar refractivity (Wildman–Crippen MR) is 112 cm³/mol. The van der Waals surface area contributed by atoms with Crippen molar-refractivity contribution < 1.29 is 19.1 Å². The maximum absolute atomic E-state index is 13.0. The minimum atomic E-state index is -0.896. The molecule has 0 aromatic carbocycles. The Kier molecular flexibility index (Phi) is 7.86. The molecule has 0 aromatic rings. The number of esters is 1. The average Bonchev–Trinajstić information content (AvgIpc) is 2.84. The average molecular weight is 408 g/mol. The quantitative estimate of drug-likeness (QED) is 0.623. The maximum atomic E-state index is 13.0. The first-order valence-corrected chi connectivity index (χ1v) is 10.8. The zero-order chi connectivity index (χ0) is 21.8. The normalized spacial score (nSPS) is 18.9. The number of hydrogen-bond donors (Lipinski definition) is 1. The minimum Gasteiger partial charge on any atom is -0.450 e. The molecule has 29 heavy (non-hydrogen) atoms. The van der Waals surface area contributed by atoms with Gasteiger partial charge in [0.25, 0.3) is 5.91 Å². The van der Waals surface area contributed by atoms with Crippen molar-refractivity contribution in [3.63, 3.8) is 0 Å². The second kappa shape index (κ2) is 9.74. The van der Waals surface area contributed by atoms with E-state index in [1.165, 1.54) is 6.92 Å². The van der Waals surface area contributed by atoms with E-state index in [0.717, 1.165) is 19.6 Å². The number of rotatable bonds is 8. The van der Waals surface area contributed by atoms with Crippen molar-refractivity contribution in [2.24, 2.45) is 11.8 Å². The van der Waals surface area contributed by atoms with Gasteiger partial charge < -0.3 is 19.9 Å². The first-order valence-electron chi connectivity index (χ1n) is 10.8. The lowest BCUT2D eigenvalue weighted by molar-refractivity contribution is -0.152. The van der Waals surface area contributed by atoms with Crippen LogP contribution >= 0.6 is 0 Å². The van der Waals surface area contributed by atoms with Crippen LogP contribution in [0.2, 0.25) is 0 Å². The number of nitrogens with one attached hydrogen (secondary N) is 1. The first kappa shape index (κ1) is 23.4. The van der Waals surface area contributed by atoms with Crippen molar-refractivity contribution in [3.05, 3.63) is 11.1 Å². The second-order valence-electron chi connectivity index (χ2n) is 9.19. The molecule has 0 radical (unpaired) electrons. The van der Waals surface area contributed by atoms with Gasteiger partial charge in [-0.3, -0.25) is 9.59 Å². The molecule has 7 heteroatoms. The highest BCUT2D eigenvalue weighted by Gasteiger charge is 2.51. The van der Waals surface area contributed by atoms with E-state index in [-0.39, 0.29) is 11.8 Å². The molecule has 1 saturated heterocycles. The van der Waals surface area contributed by atoms with Crippen molar-refractivity contribution in [2.45, 2.75) is 60.0 Å². The molecule has 0 unspecified atom stereocenters. The Bertz CT molecular complexity index is 651. The van der Waals surface area contributed by atoms with Gasteiger partial charge in [0.05, 0.1) is 5.57 Å². The molecule has 2 rings (SSSR count). The minimum absolute atomic E-state index is 0.00581. The standard InChI is InChI=1S/C22H37N3O4/c1-15(2)13-24(14-16(3)4)12-9-23-20(27)19-17(5)21(28)29-22(19)7-10-25(11-8-22)18(6)26/h15-16H,7-14H2,1-6H3,(H,23,27). The summed E-state index contributed by atoms with van der Waals surface area (Å²) in [5.41, 5.74) is -0.0582. The van der Waals surface area contributed by atoms with Gasteiger partial charge in [-0.1, -0.05) is 27.7 Å². The lowest BCUT2D eigenvalue weighted by Crippen LogP contribution is -2.50. The smallest absolute Gasteiger partial charge is 0.335 e. The lowest BCUT2D eigenvalue weighted by atomic mass is 9.82. The third-order valence-electron chi connectivity index (χ3n) is 5.63. The fourth-order valence-corrected chi connectivity index (χ4v) is 4.37. The summed E-state index contributed by atoms with van der Waals surface area (Å²) in [7, 11) is 0. The number of piperidine rings is 1. The molecule has 2 amide bonds. The van der Waals surface area contributed by atoms with Gasteiger partial charge in [-0.2, -0.15) is 0 Å². The number of hydrogen-bond acceptors (Lipinski definition) is 5. The molecule has 2 heterocycles. The molecule has 0 aliphatic carbocycles. The monoisotopic (exact) mass is 407 g/mol. The third kappa shape index (κ3) is 5.81. The Morgan fingerprint density at radius 3 is 2.17 bits per heavy atom. The Morgan fingerprint density at radius 1 is 1.14 bits per heavy atom. The summed E-state index contributed by atoms with van der Waals surface area (Å²) in [6, 6.07) is 0. The number of ether oxygens (including phenoxy) is 1. The van der Waals surface area contributed by atoms with Gasteiger partial charge >= 0.3 is 5.97 Å². The summed E-state index contributed by atoms with van der Waals surface area (Å²) in [6.45, 7) is 16.2. The Balaban J connectivity index is 2.02. The van der Waals surface area contributed by atoms with E-state index in [1.807, 2.05) is 0 Å². The van der Waals surface area contributed by atoms with Gasteiger partial charge in [-0.25, -0.2) is 4.79 Å². The van der Waals surface area contributed by atoms with Gasteiger partial charge in [0.2, 0.25) is 5.91 Å². The highest BCUT2D eigenvalue weighted by molar-refractivity contribution is 6.07. The van der Waals surface area contributed by atoms with Crippen LogP contribution in [0.3, 0.4) is 0 Å². The van der Waals surface area contributed by atoms with Crippen molar-refractivity contribution >= 4 is 17.8 Å². The Hall–Kier alpha value is -1.89. The van der Waals surface area contributed by atoms with E-state index in [0.29, 0.717) is 55.5 Å². The van der Waals surface area contributed by atoms with Crippen LogP contribution in [0.25, 0.3) is 0 Å². The fraction of sp³-hybridized carbons (Fsp3) is 0.773.